The second-order valence-electron chi connectivity index (χ2n) is 4.87. The monoisotopic (exact) mass is 323 g/mol. The number of aromatic nitrogens is 3. The Balaban J connectivity index is 1.56. The molecule has 3 rings (SSSR count). The quantitative estimate of drug-likeness (QED) is 0.922. The Hall–Kier alpha value is -0.980. The minimum atomic E-state index is 0.917. The molecule has 1 fully saturated rings. The van der Waals surface area contributed by atoms with Crippen molar-refractivity contribution in [2.45, 2.75) is 12.8 Å². The van der Waals surface area contributed by atoms with Gasteiger partial charge in [-0.05, 0) is 41.0 Å². The van der Waals surface area contributed by atoms with Crippen LogP contribution in [0.2, 0.25) is 0 Å². The molecule has 1 aliphatic rings. The normalized spacial score (nSPS) is 17.1. The van der Waals surface area contributed by atoms with E-state index in [-0.39, 0.29) is 0 Å². The summed E-state index contributed by atoms with van der Waals surface area (Å²) >= 11 is 3.45. The van der Waals surface area contributed by atoms with Gasteiger partial charge in [-0.1, -0.05) is 0 Å². The summed E-state index contributed by atoms with van der Waals surface area (Å²) in [6.45, 7) is 5.68. The summed E-state index contributed by atoms with van der Waals surface area (Å²) in [5, 5.41) is 7.87. The van der Waals surface area contributed by atoms with Crippen molar-refractivity contribution in [1.29, 1.82) is 0 Å². The van der Waals surface area contributed by atoms with Crippen LogP contribution in [0.25, 0.3) is 5.65 Å². The van der Waals surface area contributed by atoms with Crippen LogP contribution in [0.15, 0.2) is 22.8 Å². The molecule has 0 amide bonds. The van der Waals surface area contributed by atoms with Gasteiger partial charge in [0.05, 0.1) is 0 Å². The van der Waals surface area contributed by atoms with Crippen LogP contribution in [0, 0.1) is 0 Å². The molecule has 0 unspecified atom stereocenters. The molecule has 1 N–H and O–H groups in total. The standard InChI is InChI=1S/C13H18BrN5/c14-11-3-4-13-16-12(17-19(13)10-11)2-1-7-18-8-5-15-6-9-18/h3-4,10,15H,1-2,5-9H2. The van der Waals surface area contributed by atoms with Gasteiger partial charge >= 0.3 is 0 Å². The molecule has 0 bridgehead atoms. The number of fused-ring (bicyclic) bond motifs is 1. The van der Waals surface area contributed by atoms with Gasteiger partial charge in [-0.2, -0.15) is 5.10 Å². The molecular weight excluding hydrogens is 306 g/mol. The highest BCUT2D eigenvalue weighted by Gasteiger charge is 2.09. The number of nitrogens with one attached hydrogen (secondary N) is 1. The average Bonchev–Trinajstić information content (AvgIpc) is 2.82. The van der Waals surface area contributed by atoms with Gasteiger partial charge in [0.25, 0.3) is 0 Å². The van der Waals surface area contributed by atoms with Crippen molar-refractivity contribution in [3.05, 3.63) is 28.6 Å². The maximum absolute atomic E-state index is 4.54. The van der Waals surface area contributed by atoms with Crippen LogP contribution < -0.4 is 5.32 Å². The molecule has 3 heterocycles. The van der Waals surface area contributed by atoms with Crippen LogP contribution in [0.3, 0.4) is 0 Å². The molecule has 1 aliphatic heterocycles. The fraction of sp³-hybridized carbons (Fsp3) is 0.538. The summed E-state index contributed by atoms with van der Waals surface area (Å²) in [5.74, 6) is 0.938. The number of aryl methyl sites for hydroxylation is 1. The highest BCUT2D eigenvalue weighted by molar-refractivity contribution is 9.10. The number of hydrogen-bond donors (Lipinski definition) is 1. The van der Waals surface area contributed by atoms with Gasteiger partial charge in [0.15, 0.2) is 11.5 Å². The topological polar surface area (TPSA) is 45.5 Å². The van der Waals surface area contributed by atoms with E-state index in [9.17, 15) is 0 Å². The molecule has 2 aromatic rings. The minimum absolute atomic E-state index is 0.917. The third kappa shape index (κ3) is 3.32. The van der Waals surface area contributed by atoms with Crippen molar-refractivity contribution in [3.8, 4) is 0 Å². The first-order valence-corrected chi connectivity index (χ1v) is 7.54. The van der Waals surface area contributed by atoms with Gasteiger partial charge < -0.3 is 10.2 Å². The molecule has 2 aromatic heterocycles. The second kappa shape index (κ2) is 5.98. The van der Waals surface area contributed by atoms with Crippen molar-refractivity contribution in [1.82, 2.24) is 24.8 Å². The predicted molar refractivity (Wildman–Crippen MR) is 78.3 cm³/mol. The van der Waals surface area contributed by atoms with Crippen molar-refractivity contribution in [3.63, 3.8) is 0 Å². The third-order valence-electron chi connectivity index (χ3n) is 3.42. The van der Waals surface area contributed by atoms with Crippen LogP contribution in [0.5, 0.6) is 0 Å². The van der Waals surface area contributed by atoms with E-state index >= 15 is 0 Å². The molecule has 0 saturated carbocycles. The average molecular weight is 324 g/mol. The van der Waals surface area contributed by atoms with E-state index in [1.807, 2.05) is 22.8 Å². The van der Waals surface area contributed by atoms with Crippen molar-refractivity contribution in [2.24, 2.45) is 0 Å². The smallest absolute Gasteiger partial charge is 0.155 e. The lowest BCUT2D eigenvalue weighted by Gasteiger charge is -2.26. The van der Waals surface area contributed by atoms with Crippen LogP contribution in [0.4, 0.5) is 0 Å². The van der Waals surface area contributed by atoms with E-state index in [1.54, 1.807) is 0 Å². The van der Waals surface area contributed by atoms with Crippen LogP contribution in [0.1, 0.15) is 12.2 Å². The Labute approximate surface area is 121 Å². The zero-order valence-corrected chi connectivity index (χ0v) is 12.4. The largest absolute Gasteiger partial charge is 0.314 e. The van der Waals surface area contributed by atoms with Crippen molar-refractivity contribution >= 4 is 21.6 Å². The summed E-state index contributed by atoms with van der Waals surface area (Å²) in [5.41, 5.74) is 0.917. The summed E-state index contributed by atoms with van der Waals surface area (Å²) in [4.78, 5) is 7.04. The molecule has 0 radical (unpaired) electrons. The minimum Gasteiger partial charge on any atom is -0.314 e. The van der Waals surface area contributed by atoms with Gasteiger partial charge in [0, 0.05) is 43.3 Å². The maximum Gasteiger partial charge on any atom is 0.155 e. The van der Waals surface area contributed by atoms with E-state index in [2.05, 4.69) is 36.2 Å². The molecule has 1 saturated heterocycles. The molecule has 0 spiro atoms. The van der Waals surface area contributed by atoms with E-state index in [0.29, 0.717) is 0 Å². The Morgan fingerprint density at radius 1 is 1.26 bits per heavy atom. The van der Waals surface area contributed by atoms with Crippen molar-refractivity contribution < 1.29 is 0 Å². The Morgan fingerprint density at radius 2 is 2.11 bits per heavy atom. The second-order valence-corrected chi connectivity index (χ2v) is 5.79. The predicted octanol–water partition coefficient (Wildman–Crippen LogP) is 1.33. The highest BCUT2D eigenvalue weighted by Crippen LogP contribution is 2.11. The van der Waals surface area contributed by atoms with Gasteiger partial charge in [-0.25, -0.2) is 9.50 Å². The molecule has 0 aliphatic carbocycles. The number of rotatable bonds is 4. The Kier molecular flexibility index (Phi) is 4.10. The number of hydrogen-bond acceptors (Lipinski definition) is 4. The van der Waals surface area contributed by atoms with Gasteiger partial charge in [0.2, 0.25) is 0 Å². The lowest BCUT2D eigenvalue weighted by Crippen LogP contribution is -2.43. The SMILES string of the molecule is Brc1ccc2nc(CCCN3CCNCC3)nn2c1. The van der Waals surface area contributed by atoms with E-state index in [1.165, 1.54) is 0 Å². The first-order valence-electron chi connectivity index (χ1n) is 6.75. The first kappa shape index (κ1) is 13.0. The Morgan fingerprint density at radius 3 is 2.95 bits per heavy atom. The Bertz CT molecular complexity index is 547. The van der Waals surface area contributed by atoms with Crippen molar-refractivity contribution in [2.75, 3.05) is 32.7 Å². The van der Waals surface area contributed by atoms with E-state index < -0.39 is 0 Å². The number of halogens is 1. The molecule has 0 aromatic carbocycles. The zero-order chi connectivity index (χ0) is 13.1. The first-order chi connectivity index (χ1) is 9.31. The number of nitrogens with zero attached hydrogens (tertiary/aromatic N) is 4. The molecule has 102 valence electrons. The summed E-state index contributed by atoms with van der Waals surface area (Å²) in [7, 11) is 0. The van der Waals surface area contributed by atoms with E-state index in [4.69, 9.17) is 0 Å². The van der Waals surface area contributed by atoms with E-state index in [0.717, 1.165) is 61.5 Å². The number of pyridine rings is 1. The summed E-state index contributed by atoms with van der Waals surface area (Å²) < 4.78 is 2.86. The van der Waals surface area contributed by atoms with Crippen LogP contribution >= 0.6 is 15.9 Å². The van der Waals surface area contributed by atoms with Crippen LogP contribution in [-0.4, -0.2) is 52.2 Å². The summed E-state index contributed by atoms with van der Waals surface area (Å²) in [6.07, 6.45) is 4.02. The van der Waals surface area contributed by atoms with Crippen LogP contribution in [-0.2, 0) is 6.42 Å². The lowest BCUT2D eigenvalue weighted by atomic mass is 10.2. The maximum atomic E-state index is 4.54. The van der Waals surface area contributed by atoms with Gasteiger partial charge in [0.1, 0.15) is 0 Å². The summed E-state index contributed by atoms with van der Waals surface area (Å²) in [6, 6.07) is 3.98. The fourth-order valence-electron chi connectivity index (χ4n) is 2.41. The molecule has 6 heteroatoms. The molecular formula is C13H18BrN5. The highest BCUT2D eigenvalue weighted by atomic mass is 79.9. The third-order valence-corrected chi connectivity index (χ3v) is 3.89. The number of piperazine rings is 1. The fourth-order valence-corrected chi connectivity index (χ4v) is 2.73. The zero-order valence-electron chi connectivity index (χ0n) is 10.8. The molecule has 5 nitrogen and oxygen atoms in total. The lowest BCUT2D eigenvalue weighted by molar-refractivity contribution is 0.238. The van der Waals surface area contributed by atoms with Gasteiger partial charge in [-0.3, -0.25) is 0 Å². The molecule has 19 heavy (non-hydrogen) atoms. The van der Waals surface area contributed by atoms with Gasteiger partial charge in [-0.15, -0.1) is 0 Å². The molecule has 0 atom stereocenters.